The molecule has 1 aromatic rings. The van der Waals surface area contributed by atoms with Crippen LogP contribution in [0.5, 0.6) is 0 Å². The van der Waals surface area contributed by atoms with E-state index in [2.05, 4.69) is 28.1 Å². The number of carbonyl (C=O) groups excluding carboxylic acids is 1. The van der Waals surface area contributed by atoms with Gasteiger partial charge >= 0.3 is 0 Å². The lowest BCUT2D eigenvalue weighted by Crippen LogP contribution is -2.24. The molecule has 1 fully saturated rings. The van der Waals surface area contributed by atoms with Gasteiger partial charge in [0.15, 0.2) is 0 Å². The Hall–Kier alpha value is -1.55. The fraction of sp³-hybridized carbons (Fsp3) is 0.562. The van der Waals surface area contributed by atoms with Crippen LogP contribution >= 0.6 is 0 Å². The number of anilines is 1. The Kier molecular flexibility index (Phi) is 5.87. The van der Waals surface area contributed by atoms with Gasteiger partial charge in [0.25, 0.3) is 0 Å². The summed E-state index contributed by atoms with van der Waals surface area (Å²) in [6.45, 7) is 4.84. The maximum Gasteiger partial charge on any atom is 0.224 e. The van der Waals surface area contributed by atoms with Gasteiger partial charge in [-0.3, -0.25) is 4.79 Å². The van der Waals surface area contributed by atoms with Crippen LogP contribution in [0.2, 0.25) is 0 Å². The van der Waals surface area contributed by atoms with Crippen molar-refractivity contribution >= 4 is 11.6 Å². The summed E-state index contributed by atoms with van der Waals surface area (Å²) in [4.78, 5) is 11.5. The van der Waals surface area contributed by atoms with Crippen molar-refractivity contribution in [2.75, 3.05) is 25.0 Å². The summed E-state index contributed by atoms with van der Waals surface area (Å²) in [5.74, 6) is 0.0862. The normalized spacial score (nSPS) is 19.1. The lowest BCUT2D eigenvalue weighted by molar-refractivity contribution is -0.120. The zero-order chi connectivity index (χ0) is 14.2. The van der Waals surface area contributed by atoms with Gasteiger partial charge in [-0.15, -0.1) is 0 Å². The zero-order valence-electron chi connectivity index (χ0n) is 12.2. The van der Waals surface area contributed by atoms with E-state index in [-0.39, 0.29) is 5.91 Å². The Morgan fingerprint density at radius 1 is 1.25 bits per heavy atom. The number of nitrogens with one attached hydrogen (secondary N) is 3. The van der Waals surface area contributed by atoms with E-state index < -0.39 is 0 Å². The average molecular weight is 275 g/mol. The number of rotatable bonds is 5. The molecule has 3 N–H and O–H groups in total. The van der Waals surface area contributed by atoms with Crippen molar-refractivity contribution in [3.8, 4) is 0 Å². The smallest absolute Gasteiger partial charge is 0.224 e. The van der Waals surface area contributed by atoms with Gasteiger partial charge < -0.3 is 16.0 Å². The first-order valence-corrected chi connectivity index (χ1v) is 7.61. The largest absolute Gasteiger partial charge is 0.382 e. The van der Waals surface area contributed by atoms with E-state index >= 15 is 0 Å². The minimum absolute atomic E-state index is 0.0862. The molecule has 0 bridgehead atoms. The Morgan fingerprint density at radius 2 is 2.05 bits per heavy atom. The SMILES string of the molecule is CCNC(=O)Cc1ccc(NC2CCCNCC2)cc1. The van der Waals surface area contributed by atoms with Gasteiger partial charge in [0, 0.05) is 18.3 Å². The Balaban J connectivity index is 1.85. The van der Waals surface area contributed by atoms with Crippen LogP contribution in [0.25, 0.3) is 0 Å². The Morgan fingerprint density at radius 3 is 2.80 bits per heavy atom. The van der Waals surface area contributed by atoms with Crippen molar-refractivity contribution in [3.63, 3.8) is 0 Å². The molecule has 110 valence electrons. The second-order valence-corrected chi connectivity index (χ2v) is 5.35. The molecule has 0 spiro atoms. The van der Waals surface area contributed by atoms with E-state index in [0.717, 1.165) is 24.3 Å². The molecular formula is C16H25N3O. The average Bonchev–Trinajstić information content (AvgIpc) is 2.70. The van der Waals surface area contributed by atoms with Crippen LogP contribution < -0.4 is 16.0 Å². The number of amides is 1. The molecule has 1 amide bonds. The summed E-state index contributed by atoms with van der Waals surface area (Å²) in [6, 6.07) is 8.78. The molecule has 1 aliphatic heterocycles. The molecule has 1 heterocycles. The number of hydrogen-bond donors (Lipinski definition) is 3. The molecule has 4 heteroatoms. The summed E-state index contributed by atoms with van der Waals surface area (Å²) in [7, 11) is 0. The van der Waals surface area contributed by atoms with Gasteiger partial charge in [0.05, 0.1) is 6.42 Å². The molecule has 20 heavy (non-hydrogen) atoms. The molecule has 0 saturated carbocycles. The first kappa shape index (κ1) is 14.9. The third kappa shape index (κ3) is 4.85. The minimum Gasteiger partial charge on any atom is -0.382 e. The van der Waals surface area contributed by atoms with Gasteiger partial charge in [0.1, 0.15) is 0 Å². The number of hydrogen-bond acceptors (Lipinski definition) is 3. The number of likely N-dealkylation sites (N-methyl/N-ethyl adjacent to an activating group) is 1. The Bertz CT molecular complexity index is 408. The number of benzene rings is 1. The van der Waals surface area contributed by atoms with Gasteiger partial charge in [-0.05, 0) is 57.0 Å². The molecule has 0 aromatic heterocycles. The highest BCUT2D eigenvalue weighted by atomic mass is 16.1. The minimum atomic E-state index is 0.0862. The third-order valence-electron chi connectivity index (χ3n) is 3.64. The number of carbonyl (C=O) groups is 1. The summed E-state index contributed by atoms with van der Waals surface area (Å²) in [6.07, 6.45) is 4.07. The van der Waals surface area contributed by atoms with Crippen LogP contribution in [0.4, 0.5) is 5.69 Å². The molecule has 1 aromatic carbocycles. The molecule has 2 rings (SSSR count). The van der Waals surface area contributed by atoms with Gasteiger partial charge in [-0.25, -0.2) is 0 Å². The molecule has 0 radical (unpaired) electrons. The monoisotopic (exact) mass is 275 g/mol. The van der Waals surface area contributed by atoms with Crippen LogP contribution in [0.15, 0.2) is 24.3 Å². The molecule has 1 atom stereocenters. The van der Waals surface area contributed by atoms with Crippen molar-refractivity contribution in [3.05, 3.63) is 29.8 Å². The molecule has 1 aliphatic rings. The first-order valence-electron chi connectivity index (χ1n) is 7.61. The van der Waals surface area contributed by atoms with E-state index in [1.54, 1.807) is 0 Å². The first-order chi connectivity index (χ1) is 9.78. The third-order valence-corrected chi connectivity index (χ3v) is 3.64. The van der Waals surface area contributed by atoms with E-state index in [9.17, 15) is 4.79 Å². The topological polar surface area (TPSA) is 53.2 Å². The van der Waals surface area contributed by atoms with Crippen molar-refractivity contribution in [2.45, 2.75) is 38.6 Å². The van der Waals surface area contributed by atoms with E-state index in [1.807, 2.05) is 19.1 Å². The van der Waals surface area contributed by atoms with E-state index in [1.165, 1.54) is 19.3 Å². The fourth-order valence-corrected chi connectivity index (χ4v) is 2.56. The summed E-state index contributed by atoms with van der Waals surface area (Å²) in [5, 5.41) is 9.83. The lowest BCUT2D eigenvalue weighted by atomic mass is 10.1. The van der Waals surface area contributed by atoms with E-state index in [0.29, 0.717) is 19.0 Å². The second-order valence-electron chi connectivity index (χ2n) is 5.35. The van der Waals surface area contributed by atoms with Crippen LogP contribution in [0.3, 0.4) is 0 Å². The zero-order valence-corrected chi connectivity index (χ0v) is 12.2. The molecular weight excluding hydrogens is 250 g/mol. The van der Waals surface area contributed by atoms with Crippen LogP contribution in [-0.2, 0) is 11.2 Å². The van der Waals surface area contributed by atoms with Gasteiger partial charge in [-0.2, -0.15) is 0 Å². The maximum absolute atomic E-state index is 11.5. The lowest BCUT2D eigenvalue weighted by Gasteiger charge is -2.17. The van der Waals surface area contributed by atoms with Crippen molar-refractivity contribution in [2.24, 2.45) is 0 Å². The maximum atomic E-state index is 11.5. The van der Waals surface area contributed by atoms with Gasteiger partial charge in [0.2, 0.25) is 5.91 Å². The highest BCUT2D eigenvalue weighted by Gasteiger charge is 2.11. The van der Waals surface area contributed by atoms with Crippen molar-refractivity contribution < 1.29 is 4.79 Å². The van der Waals surface area contributed by atoms with Crippen LogP contribution in [-0.4, -0.2) is 31.6 Å². The summed E-state index contributed by atoms with van der Waals surface area (Å²) >= 11 is 0. The summed E-state index contributed by atoms with van der Waals surface area (Å²) in [5.41, 5.74) is 2.21. The highest BCUT2D eigenvalue weighted by Crippen LogP contribution is 2.15. The molecule has 1 saturated heterocycles. The summed E-state index contributed by atoms with van der Waals surface area (Å²) < 4.78 is 0. The molecule has 1 unspecified atom stereocenters. The van der Waals surface area contributed by atoms with E-state index in [4.69, 9.17) is 0 Å². The predicted molar refractivity (Wildman–Crippen MR) is 83.0 cm³/mol. The predicted octanol–water partition coefficient (Wildman–Crippen LogP) is 1.92. The van der Waals surface area contributed by atoms with Crippen molar-refractivity contribution in [1.29, 1.82) is 0 Å². The second kappa shape index (κ2) is 7.90. The molecule has 4 nitrogen and oxygen atoms in total. The van der Waals surface area contributed by atoms with Gasteiger partial charge in [-0.1, -0.05) is 12.1 Å². The fourth-order valence-electron chi connectivity index (χ4n) is 2.56. The van der Waals surface area contributed by atoms with Crippen molar-refractivity contribution in [1.82, 2.24) is 10.6 Å². The highest BCUT2D eigenvalue weighted by molar-refractivity contribution is 5.78. The van der Waals surface area contributed by atoms with Crippen LogP contribution in [0.1, 0.15) is 31.7 Å². The molecule has 0 aliphatic carbocycles. The standard InChI is InChI=1S/C16H25N3O/c1-2-18-16(20)12-13-5-7-15(8-6-13)19-14-4-3-10-17-11-9-14/h5-8,14,17,19H,2-4,9-12H2,1H3,(H,18,20). The quantitative estimate of drug-likeness (QED) is 0.769. The Labute approximate surface area is 121 Å². The van der Waals surface area contributed by atoms with Crippen LogP contribution in [0, 0.1) is 0 Å².